The first-order chi connectivity index (χ1) is 8.33. The van der Waals surface area contributed by atoms with Gasteiger partial charge in [0.25, 0.3) is 0 Å². The molecule has 3 rings (SSSR count). The Morgan fingerprint density at radius 1 is 1.35 bits per heavy atom. The van der Waals surface area contributed by atoms with E-state index >= 15 is 0 Å². The quantitative estimate of drug-likeness (QED) is 0.804. The van der Waals surface area contributed by atoms with Gasteiger partial charge in [-0.05, 0) is 37.9 Å². The third-order valence-electron chi connectivity index (χ3n) is 3.43. The van der Waals surface area contributed by atoms with E-state index in [1.54, 1.807) is 0 Å². The topological polar surface area (TPSA) is 68.2 Å². The highest BCUT2D eigenvalue weighted by Crippen LogP contribution is 2.18. The Hall–Kier alpha value is -1.62. The van der Waals surface area contributed by atoms with Gasteiger partial charge < -0.3 is 11.1 Å². The number of nitrogen functional groups attached to an aromatic ring is 1. The monoisotopic (exact) mass is 231 g/mol. The van der Waals surface area contributed by atoms with Crippen LogP contribution in [0.25, 0.3) is 5.65 Å². The van der Waals surface area contributed by atoms with Crippen molar-refractivity contribution in [2.24, 2.45) is 5.92 Å². The molecule has 0 unspecified atom stereocenters. The Morgan fingerprint density at radius 2 is 2.18 bits per heavy atom. The highest BCUT2D eigenvalue weighted by molar-refractivity contribution is 5.51. The van der Waals surface area contributed by atoms with Gasteiger partial charge in [-0.1, -0.05) is 0 Å². The predicted molar refractivity (Wildman–Crippen MR) is 66.7 cm³/mol. The van der Waals surface area contributed by atoms with Gasteiger partial charge in [0.05, 0.1) is 0 Å². The normalized spacial score (nSPS) is 17.6. The lowest BCUT2D eigenvalue weighted by atomic mass is 9.94. The molecule has 1 aliphatic heterocycles. The fourth-order valence-electron chi connectivity index (χ4n) is 2.44. The molecule has 90 valence electrons. The summed E-state index contributed by atoms with van der Waals surface area (Å²) in [7, 11) is 0. The summed E-state index contributed by atoms with van der Waals surface area (Å²) in [6.07, 6.45) is 5.42. The molecular formula is C12H17N5. The molecule has 2 aromatic rings. The van der Waals surface area contributed by atoms with Crippen molar-refractivity contribution in [3.8, 4) is 0 Å². The second-order valence-electron chi connectivity index (χ2n) is 4.70. The molecular weight excluding hydrogens is 214 g/mol. The molecule has 5 heteroatoms. The molecule has 0 aromatic carbocycles. The maximum absolute atomic E-state index is 5.73. The van der Waals surface area contributed by atoms with Gasteiger partial charge in [0, 0.05) is 24.4 Å². The Morgan fingerprint density at radius 3 is 3.00 bits per heavy atom. The summed E-state index contributed by atoms with van der Waals surface area (Å²) < 4.78 is 2.04. The molecule has 3 N–H and O–H groups in total. The number of nitrogens with one attached hydrogen (secondary N) is 1. The summed E-state index contributed by atoms with van der Waals surface area (Å²) in [4.78, 5) is 0. The Bertz CT molecular complexity index is 513. The van der Waals surface area contributed by atoms with Crippen molar-refractivity contribution in [2.75, 3.05) is 18.8 Å². The Balaban J connectivity index is 1.84. The van der Waals surface area contributed by atoms with Gasteiger partial charge in [0.15, 0.2) is 5.65 Å². The molecule has 17 heavy (non-hydrogen) atoms. The Kier molecular flexibility index (Phi) is 2.68. The first kappa shape index (κ1) is 10.5. The minimum Gasteiger partial charge on any atom is -0.399 e. The zero-order valence-electron chi connectivity index (χ0n) is 9.76. The molecule has 0 amide bonds. The smallest absolute Gasteiger partial charge is 0.162 e. The van der Waals surface area contributed by atoms with Crippen LogP contribution in [-0.2, 0) is 6.42 Å². The van der Waals surface area contributed by atoms with Crippen LogP contribution in [0.5, 0.6) is 0 Å². The van der Waals surface area contributed by atoms with Crippen molar-refractivity contribution in [3.63, 3.8) is 0 Å². The molecule has 0 spiro atoms. The van der Waals surface area contributed by atoms with Crippen LogP contribution < -0.4 is 11.1 Å². The molecule has 2 aromatic heterocycles. The van der Waals surface area contributed by atoms with Gasteiger partial charge in [-0.3, -0.25) is 4.40 Å². The Labute approximate surface area is 100 Å². The maximum atomic E-state index is 5.73. The van der Waals surface area contributed by atoms with E-state index in [-0.39, 0.29) is 0 Å². The molecule has 0 atom stereocenters. The third kappa shape index (κ3) is 2.10. The van der Waals surface area contributed by atoms with E-state index in [1.165, 1.54) is 12.8 Å². The van der Waals surface area contributed by atoms with Crippen LogP contribution in [0.3, 0.4) is 0 Å². The second kappa shape index (κ2) is 4.33. The zero-order valence-corrected chi connectivity index (χ0v) is 9.76. The summed E-state index contributed by atoms with van der Waals surface area (Å²) in [6, 6.07) is 3.75. The number of aromatic nitrogens is 3. The van der Waals surface area contributed by atoms with Gasteiger partial charge in [-0.15, -0.1) is 10.2 Å². The van der Waals surface area contributed by atoms with Gasteiger partial charge in [0.2, 0.25) is 0 Å². The largest absolute Gasteiger partial charge is 0.399 e. The minimum absolute atomic E-state index is 0.723. The minimum atomic E-state index is 0.723. The third-order valence-corrected chi connectivity index (χ3v) is 3.43. The van der Waals surface area contributed by atoms with Crippen LogP contribution in [0.15, 0.2) is 18.3 Å². The van der Waals surface area contributed by atoms with Gasteiger partial charge in [-0.2, -0.15) is 0 Å². The van der Waals surface area contributed by atoms with Crippen molar-refractivity contribution in [1.82, 2.24) is 19.9 Å². The van der Waals surface area contributed by atoms with Gasteiger partial charge in [0.1, 0.15) is 5.82 Å². The van der Waals surface area contributed by atoms with E-state index in [1.807, 2.05) is 22.7 Å². The molecule has 1 aliphatic rings. The van der Waals surface area contributed by atoms with Crippen LogP contribution in [0.1, 0.15) is 18.7 Å². The summed E-state index contributed by atoms with van der Waals surface area (Å²) in [5.74, 6) is 1.77. The SMILES string of the molecule is Nc1ccn2c(CC3CCNCC3)nnc2c1. The lowest BCUT2D eigenvalue weighted by Gasteiger charge is -2.21. The van der Waals surface area contributed by atoms with Crippen molar-refractivity contribution < 1.29 is 0 Å². The van der Waals surface area contributed by atoms with E-state index in [9.17, 15) is 0 Å². The van der Waals surface area contributed by atoms with Crippen LogP contribution >= 0.6 is 0 Å². The average molecular weight is 231 g/mol. The number of nitrogens with zero attached hydrogens (tertiary/aromatic N) is 3. The van der Waals surface area contributed by atoms with Crippen molar-refractivity contribution in [2.45, 2.75) is 19.3 Å². The maximum Gasteiger partial charge on any atom is 0.162 e. The number of piperidine rings is 1. The van der Waals surface area contributed by atoms with Gasteiger partial charge >= 0.3 is 0 Å². The highest BCUT2D eigenvalue weighted by Gasteiger charge is 2.16. The molecule has 5 nitrogen and oxygen atoms in total. The molecule has 1 saturated heterocycles. The lowest BCUT2D eigenvalue weighted by molar-refractivity contribution is 0.366. The molecule has 3 heterocycles. The van der Waals surface area contributed by atoms with Crippen molar-refractivity contribution >= 4 is 11.3 Å². The summed E-state index contributed by atoms with van der Waals surface area (Å²) >= 11 is 0. The molecule has 0 aliphatic carbocycles. The van der Waals surface area contributed by atoms with E-state index in [0.717, 1.165) is 42.6 Å². The average Bonchev–Trinajstić information content (AvgIpc) is 2.73. The van der Waals surface area contributed by atoms with E-state index in [0.29, 0.717) is 0 Å². The molecule has 0 bridgehead atoms. The molecule has 0 radical (unpaired) electrons. The lowest BCUT2D eigenvalue weighted by Crippen LogP contribution is -2.29. The number of hydrogen-bond donors (Lipinski definition) is 2. The van der Waals surface area contributed by atoms with E-state index < -0.39 is 0 Å². The number of fused-ring (bicyclic) bond motifs is 1. The number of pyridine rings is 1. The van der Waals surface area contributed by atoms with Crippen molar-refractivity contribution in [1.29, 1.82) is 0 Å². The standard InChI is InChI=1S/C12H17N5/c13-10-3-6-17-11(15-16-12(17)8-10)7-9-1-4-14-5-2-9/h3,6,8-9,14H,1-2,4-5,7,13H2. The number of anilines is 1. The molecule has 1 fully saturated rings. The van der Waals surface area contributed by atoms with E-state index in [4.69, 9.17) is 5.73 Å². The first-order valence-corrected chi connectivity index (χ1v) is 6.13. The van der Waals surface area contributed by atoms with Gasteiger partial charge in [-0.25, -0.2) is 0 Å². The zero-order chi connectivity index (χ0) is 11.7. The van der Waals surface area contributed by atoms with Crippen LogP contribution in [0, 0.1) is 5.92 Å². The summed E-state index contributed by atoms with van der Waals surface area (Å²) in [5, 5.41) is 11.8. The summed E-state index contributed by atoms with van der Waals surface area (Å²) in [5.41, 5.74) is 7.30. The van der Waals surface area contributed by atoms with Crippen molar-refractivity contribution in [3.05, 3.63) is 24.2 Å². The summed E-state index contributed by atoms with van der Waals surface area (Å²) in [6.45, 7) is 2.24. The van der Waals surface area contributed by atoms with Crippen LogP contribution in [0.2, 0.25) is 0 Å². The van der Waals surface area contributed by atoms with Crippen LogP contribution in [-0.4, -0.2) is 27.7 Å². The number of hydrogen-bond acceptors (Lipinski definition) is 4. The predicted octanol–water partition coefficient (Wildman–Crippen LogP) is 0.854. The fourth-order valence-corrected chi connectivity index (χ4v) is 2.44. The highest BCUT2D eigenvalue weighted by atomic mass is 15.2. The molecule has 0 saturated carbocycles. The first-order valence-electron chi connectivity index (χ1n) is 6.13. The number of nitrogens with two attached hydrogens (primary N) is 1. The van der Waals surface area contributed by atoms with Crippen LogP contribution in [0.4, 0.5) is 5.69 Å². The fraction of sp³-hybridized carbons (Fsp3) is 0.500. The number of rotatable bonds is 2. The second-order valence-corrected chi connectivity index (χ2v) is 4.70. The van der Waals surface area contributed by atoms with E-state index in [2.05, 4.69) is 15.5 Å².